The van der Waals surface area contributed by atoms with Gasteiger partial charge < -0.3 is 14.2 Å². The molecular formula is C21H21N3O4. The van der Waals surface area contributed by atoms with Crippen molar-refractivity contribution in [3.63, 3.8) is 0 Å². The lowest BCUT2D eigenvalue weighted by molar-refractivity contribution is -0.142. The van der Waals surface area contributed by atoms with Crippen molar-refractivity contribution in [3.05, 3.63) is 53.9 Å². The molecule has 0 aliphatic rings. The van der Waals surface area contributed by atoms with E-state index in [2.05, 4.69) is 9.97 Å². The van der Waals surface area contributed by atoms with E-state index in [0.717, 1.165) is 11.4 Å². The van der Waals surface area contributed by atoms with Crippen molar-refractivity contribution in [1.82, 2.24) is 15.0 Å². The van der Waals surface area contributed by atoms with Gasteiger partial charge in [0.1, 0.15) is 18.1 Å². The summed E-state index contributed by atoms with van der Waals surface area (Å²) in [5.74, 6) is 0.957. The molecule has 3 rings (SSSR count). The molecule has 3 aromatic rings. The summed E-state index contributed by atoms with van der Waals surface area (Å²) >= 11 is 0. The molecule has 3 heterocycles. The number of carbonyl (C=O) groups is 1. The van der Waals surface area contributed by atoms with Crippen LogP contribution < -0.4 is 9.47 Å². The molecule has 7 heteroatoms. The molecule has 0 bridgehead atoms. The van der Waals surface area contributed by atoms with Crippen LogP contribution >= 0.6 is 0 Å². The highest BCUT2D eigenvalue weighted by Crippen LogP contribution is 2.26. The second-order valence-electron chi connectivity index (χ2n) is 6.11. The second kappa shape index (κ2) is 8.47. The number of rotatable bonds is 6. The maximum absolute atomic E-state index is 11.1. The van der Waals surface area contributed by atoms with Crippen LogP contribution in [-0.2, 0) is 16.1 Å². The predicted octanol–water partition coefficient (Wildman–Crippen LogP) is 3.59. The molecule has 0 unspecified atom stereocenters. The fraction of sp³-hybridized carbons (Fsp3) is 0.238. The number of carbonyl (C=O) groups excluding carboxylic acids is 1. The van der Waals surface area contributed by atoms with Crippen molar-refractivity contribution in [1.29, 1.82) is 0 Å². The average Bonchev–Trinajstić information content (AvgIpc) is 2.71. The highest BCUT2D eigenvalue weighted by molar-refractivity contribution is 5.66. The lowest BCUT2D eigenvalue weighted by Crippen LogP contribution is -2.03. The normalized spacial score (nSPS) is 10.4. The fourth-order valence-electron chi connectivity index (χ4n) is 2.66. The quantitative estimate of drug-likeness (QED) is 0.605. The van der Waals surface area contributed by atoms with E-state index in [4.69, 9.17) is 19.2 Å². The van der Waals surface area contributed by atoms with E-state index in [0.29, 0.717) is 34.2 Å². The Bertz CT molecular complexity index is 1000. The third-order valence-corrected chi connectivity index (χ3v) is 3.95. The van der Waals surface area contributed by atoms with Gasteiger partial charge in [-0.1, -0.05) is 6.07 Å². The van der Waals surface area contributed by atoms with Crippen molar-refractivity contribution in [2.24, 2.45) is 0 Å². The van der Waals surface area contributed by atoms with Gasteiger partial charge in [0, 0.05) is 36.9 Å². The molecule has 144 valence electrons. The van der Waals surface area contributed by atoms with Gasteiger partial charge in [0.05, 0.1) is 42.7 Å². The Morgan fingerprint density at radius 1 is 0.857 bits per heavy atom. The Balaban J connectivity index is 2.01. The monoisotopic (exact) mass is 379 g/mol. The van der Waals surface area contributed by atoms with Gasteiger partial charge in [-0.25, -0.2) is 9.97 Å². The maximum Gasteiger partial charge on any atom is 0.303 e. The molecule has 0 amide bonds. The lowest BCUT2D eigenvalue weighted by Gasteiger charge is -2.10. The van der Waals surface area contributed by atoms with E-state index in [1.807, 2.05) is 37.3 Å². The van der Waals surface area contributed by atoms with Crippen molar-refractivity contribution >= 4 is 5.97 Å². The summed E-state index contributed by atoms with van der Waals surface area (Å²) in [6, 6.07) is 12.8. The van der Waals surface area contributed by atoms with Crippen molar-refractivity contribution in [2.75, 3.05) is 14.2 Å². The average molecular weight is 379 g/mol. The van der Waals surface area contributed by atoms with Crippen LogP contribution in [-0.4, -0.2) is 35.1 Å². The van der Waals surface area contributed by atoms with Gasteiger partial charge in [0.2, 0.25) is 0 Å². The van der Waals surface area contributed by atoms with Crippen molar-refractivity contribution < 1.29 is 19.0 Å². The SMILES string of the molecule is COc1cc(C)nc(-c2cccc(-c3cc(OC)cc(COC(C)=O)n3)n2)c1. The van der Waals surface area contributed by atoms with Crippen LogP contribution in [0, 0.1) is 6.92 Å². The third-order valence-electron chi connectivity index (χ3n) is 3.95. The van der Waals surface area contributed by atoms with Crippen LogP contribution in [0.2, 0.25) is 0 Å². The lowest BCUT2D eigenvalue weighted by atomic mass is 10.1. The molecule has 0 saturated carbocycles. The Morgan fingerprint density at radius 2 is 1.46 bits per heavy atom. The number of nitrogens with zero attached hydrogens (tertiary/aromatic N) is 3. The zero-order valence-electron chi connectivity index (χ0n) is 16.2. The largest absolute Gasteiger partial charge is 0.497 e. The molecule has 3 aromatic heterocycles. The summed E-state index contributed by atoms with van der Waals surface area (Å²) in [7, 11) is 3.19. The van der Waals surface area contributed by atoms with Crippen LogP contribution in [0.3, 0.4) is 0 Å². The summed E-state index contributed by atoms with van der Waals surface area (Å²) in [6.45, 7) is 3.33. The number of aromatic nitrogens is 3. The van der Waals surface area contributed by atoms with E-state index < -0.39 is 0 Å². The Labute approximate surface area is 163 Å². The van der Waals surface area contributed by atoms with E-state index in [1.165, 1.54) is 6.92 Å². The number of hydrogen-bond donors (Lipinski definition) is 0. The minimum absolute atomic E-state index is 0.0653. The molecule has 0 fully saturated rings. The molecule has 0 N–H and O–H groups in total. The van der Waals surface area contributed by atoms with Crippen LogP contribution in [0.25, 0.3) is 22.8 Å². The summed E-state index contributed by atoms with van der Waals surface area (Å²) < 4.78 is 15.7. The van der Waals surface area contributed by atoms with Gasteiger partial charge in [-0.2, -0.15) is 0 Å². The number of ether oxygens (including phenoxy) is 3. The highest BCUT2D eigenvalue weighted by Gasteiger charge is 2.11. The first kappa shape index (κ1) is 19.3. The van der Waals surface area contributed by atoms with E-state index in [9.17, 15) is 4.79 Å². The van der Waals surface area contributed by atoms with E-state index in [-0.39, 0.29) is 12.6 Å². The first-order valence-electron chi connectivity index (χ1n) is 8.67. The second-order valence-corrected chi connectivity index (χ2v) is 6.11. The molecule has 0 radical (unpaired) electrons. The van der Waals surface area contributed by atoms with Gasteiger partial charge >= 0.3 is 5.97 Å². The zero-order chi connectivity index (χ0) is 20.1. The number of pyridine rings is 3. The summed E-state index contributed by atoms with van der Waals surface area (Å²) in [5.41, 5.74) is 4.09. The topological polar surface area (TPSA) is 83.4 Å². The van der Waals surface area contributed by atoms with Crippen LogP contribution in [0.5, 0.6) is 11.5 Å². The predicted molar refractivity (Wildman–Crippen MR) is 104 cm³/mol. The molecular weight excluding hydrogens is 358 g/mol. The standard InChI is InChI=1S/C21H21N3O4/c1-13-8-16(26-3)10-20(22-13)18-6-5-7-19(24-18)21-11-17(27-4)9-15(23-21)12-28-14(2)25/h5-11H,12H2,1-4H3. The van der Waals surface area contributed by atoms with Gasteiger partial charge in [-0.15, -0.1) is 0 Å². The Hall–Kier alpha value is -3.48. The maximum atomic E-state index is 11.1. The van der Waals surface area contributed by atoms with E-state index >= 15 is 0 Å². The van der Waals surface area contributed by atoms with Gasteiger partial charge in [0.25, 0.3) is 0 Å². The Kier molecular flexibility index (Phi) is 5.84. The first-order valence-corrected chi connectivity index (χ1v) is 8.67. The van der Waals surface area contributed by atoms with Crippen molar-refractivity contribution in [2.45, 2.75) is 20.5 Å². The summed E-state index contributed by atoms with van der Waals surface area (Å²) in [6.07, 6.45) is 0. The zero-order valence-corrected chi connectivity index (χ0v) is 16.2. The molecule has 0 atom stereocenters. The van der Waals surface area contributed by atoms with Crippen LogP contribution in [0.15, 0.2) is 42.5 Å². The summed E-state index contributed by atoms with van der Waals surface area (Å²) in [5, 5.41) is 0. The molecule has 0 aliphatic heterocycles. The molecule has 0 saturated heterocycles. The molecule has 0 aliphatic carbocycles. The van der Waals surface area contributed by atoms with Gasteiger partial charge in [0.15, 0.2) is 0 Å². The number of esters is 1. The van der Waals surface area contributed by atoms with E-state index in [1.54, 1.807) is 26.4 Å². The van der Waals surface area contributed by atoms with Gasteiger partial charge in [-0.3, -0.25) is 9.78 Å². The van der Waals surface area contributed by atoms with Crippen LogP contribution in [0.4, 0.5) is 0 Å². The first-order chi connectivity index (χ1) is 13.5. The smallest absolute Gasteiger partial charge is 0.303 e. The number of hydrogen-bond acceptors (Lipinski definition) is 7. The third kappa shape index (κ3) is 4.62. The highest BCUT2D eigenvalue weighted by atomic mass is 16.5. The fourth-order valence-corrected chi connectivity index (χ4v) is 2.66. The van der Waals surface area contributed by atoms with Gasteiger partial charge in [-0.05, 0) is 19.1 Å². The summed E-state index contributed by atoms with van der Waals surface area (Å²) in [4.78, 5) is 24.9. The molecule has 7 nitrogen and oxygen atoms in total. The minimum atomic E-state index is -0.370. The molecule has 0 aromatic carbocycles. The molecule has 28 heavy (non-hydrogen) atoms. The number of aryl methyl sites for hydroxylation is 1. The number of methoxy groups -OCH3 is 2. The van der Waals surface area contributed by atoms with Crippen molar-refractivity contribution in [3.8, 4) is 34.3 Å². The molecule has 0 spiro atoms. The van der Waals surface area contributed by atoms with Crippen LogP contribution in [0.1, 0.15) is 18.3 Å². The Morgan fingerprint density at radius 3 is 2.07 bits per heavy atom. The minimum Gasteiger partial charge on any atom is -0.497 e.